The summed E-state index contributed by atoms with van der Waals surface area (Å²) in [5.74, 6) is 1.19. The number of nitrogens with zero attached hydrogens (tertiary/aromatic N) is 3. The Morgan fingerprint density at radius 3 is 2.30 bits per heavy atom. The Bertz CT molecular complexity index is 1120. The van der Waals surface area contributed by atoms with Crippen molar-refractivity contribution in [2.24, 2.45) is 0 Å². The van der Waals surface area contributed by atoms with Gasteiger partial charge in [-0.05, 0) is 48.5 Å². The Morgan fingerprint density at radius 2 is 1.70 bits per heavy atom. The number of carbonyl (C=O) groups is 1. The van der Waals surface area contributed by atoms with E-state index in [2.05, 4.69) is 15.5 Å². The summed E-state index contributed by atoms with van der Waals surface area (Å²) in [4.78, 5) is 11.1. The van der Waals surface area contributed by atoms with E-state index in [0.29, 0.717) is 11.5 Å². The van der Waals surface area contributed by atoms with Gasteiger partial charge in [0.15, 0.2) is 11.5 Å². The fraction of sp³-hybridized carbons (Fsp3) is 0.136. The minimum atomic E-state index is -1.02. The zero-order valence-electron chi connectivity index (χ0n) is 16.9. The number of hydrogen-bond donors (Lipinski definition) is 2. The number of nitrogens with one attached hydrogen (secondary N) is 1. The number of benzene rings is 2. The summed E-state index contributed by atoms with van der Waals surface area (Å²) in [7, 11) is 5.13. The third-order valence-corrected chi connectivity index (χ3v) is 4.39. The molecule has 0 aliphatic heterocycles. The Balaban J connectivity index is 0.000000216. The van der Waals surface area contributed by atoms with Crippen molar-refractivity contribution >= 4 is 17.3 Å². The van der Waals surface area contributed by atoms with Gasteiger partial charge in [0.25, 0.3) is 0 Å². The van der Waals surface area contributed by atoms with E-state index in [-0.39, 0.29) is 5.56 Å². The molecule has 0 bridgehead atoms. The number of aromatic carboxylic acids is 1. The molecular formula is C22H22N4O4. The second-order valence-corrected chi connectivity index (χ2v) is 6.12. The number of carboxylic acids is 1. The van der Waals surface area contributed by atoms with Gasteiger partial charge in [-0.25, -0.2) is 4.79 Å². The molecule has 2 aromatic carbocycles. The predicted octanol–water partition coefficient (Wildman–Crippen LogP) is 3.84. The highest BCUT2D eigenvalue weighted by atomic mass is 16.5. The topological polar surface area (TPSA) is 98.0 Å². The summed E-state index contributed by atoms with van der Waals surface area (Å²) < 4.78 is 11.8. The molecule has 2 aromatic heterocycles. The highest BCUT2D eigenvalue weighted by molar-refractivity contribution is 5.94. The third kappa shape index (κ3) is 4.33. The Kier molecular flexibility index (Phi) is 6.49. The van der Waals surface area contributed by atoms with Crippen molar-refractivity contribution in [3.63, 3.8) is 0 Å². The molecule has 0 unspecified atom stereocenters. The average Bonchev–Trinajstić information content (AvgIpc) is 3.23. The van der Waals surface area contributed by atoms with Crippen LogP contribution in [0.25, 0.3) is 17.0 Å². The largest absolute Gasteiger partial charge is 0.497 e. The van der Waals surface area contributed by atoms with Gasteiger partial charge in [0.05, 0.1) is 19.9 Å². The van der Waals surface area contributed by atoms with Crippen molar-refractivity contribution in [3.8, 4) is 22.9 Å². The van der Waals surface area contributed by atoms with Crippen LogP contribution in [0.1, 0.15) is 10.4 Å². The molecule has 2 heterocycles. The van der Waals surface area contributed by atoms with Crippen LogP contribution in [0.3, 0.4) is 0 Å². The van der Waals surface area contributed by atoms with Gasteiger partial charge in [0.1, 0.15) is 17.1 Å². The molecule has 0 saturated carbocycles. The molecule has 4 aromatic rings. The first-order valence-electron chi connectivity index (χ1n) is 9.11. The fourth-order valence-corrected chi connectivity index (χ4v) is 2.87. The van der Waals surface area contributed by atoms with Gasteiger partial charge in [-0.15, -0.1) is 10.2 Å². The number of pyridine rings is 1. The minimum Gasteiger partial charge on any atom is -0.497 e. The van der Waals surface area contributed by atoms with Crippen LogP contribution < -0.4 is 14.8 Å². The van der Waals surface area contributed by atoms with E-state index in [1.807, 2.05) is 55.6 Å². The maximum Gasteiger partial charge on any atom is 0.339 e. The number of fused-ring (bicyclic) bond motifs is 1. The second kappa shape index (κ2) is 9.42. The monoisotopic (exact) mass is 406 g/mol. The lowest BCUT2D eigenvalue weighted by molar-refractivity contribution is 0.0698. The van der Waals surface area contributed by atoms with Crippen molar-refractivity contribution in [1.29, 1.82) is 0 Å². The van der Waals surface area contributed by atoms with Crippen LogP contribution in [-0.4, -0.2) is 46.9 Å². The summed E-state index contributed by atoms with van der Waals surface area (Å²) in [6, 6.07) is 18.3. The van der Waals surface area contributed by atoms with Gasteiger partial charge in [0.2, 0.25) is 0 Å². The fourth-order valence-electron chi connectivity index (χ4n) is 2.87. The van der Waals surface area contributed by atoms with E-state index in [1.165, 1.54) is 6.07 Å². The molecule has 8 heteroatoms. The normalized spacial score (nSPS) is 10.1. The minimum absolute atomic E-state index is 0.125. The van der Waals surface area contributed by atoms with Crippen LogP contribution in [0.2, 0.25) is 0 Å². The first kappa shape index (κ1) is 20.7. The number of ether oxygens (including phenoxy) is 2. The van der Waals surface area contributed by atoms with Crippen LogP contribution in [0.4, 0.5) is 5.69 Å². The van der Waals surface area contributed by atoms with Crippen molar-refractivity contribution in [1.82, 2.24) is 14.6 Å². The highest BCUT2D eigenvalue weighted by Gasteiger charge is 2.14. The van der Waals surface area contributed by atoms with E-state index in [9.17, 15) is 4.79 Å². The lowest BCUT2D eigenvalue weighted by Gasteiger charge is -2.05. The quantitative estimate of drug-likeness (QED) is 0.520. The van der Waals surface area contributed by atoms with Crippen LogP contribution >= 0.6 is 0 Å². The molecule has 0 radical (unpaired) electrons. The third-order valence-electron chi connectivity index (χ3n) is 4.39. The summed E-state index contributed by atoms with van der Waals surface area (Å²) in [5, 5.41) is 20.2. The SMILES string of the molecule is CNc1ccccc1OC.COc1ccc(-c2nnc3c(C(=O)O)cccn23)cc1. The lowest BCUT2D eigenvalue weighted by Crippen LogP contribution is -2.00. The summed E-state index contributed by atoms with van der Waals surface area (Å²) in [6.45, 7) is 0. The lowest BCUT2D eigenvalue weighted by atomic mass is 10.2. The van der Waals surface area contributed by atoms with Gasteiger partial charge < -0.3 is 19.9 Å². The zero-order chi connectivity index (χ0) is 21.5. The maximum atomic E-state index is 11.1. The van der Waals surface area contributed by atoms with Gasteiger partial charge in [-0.3, -0.25) is 4.40 Å². The number of rotatable bonds is 5. The van der Waals surface area contributed by atoms with E-state index in [0.717, 1.165) is 22.7 Å². The molecule has 30 heavy (non-hydrogen) atoms. The molecule has 4 rings (SSSR count). The van der Waals surface area contributed by atoms with E-state index in [1.54, 1.807) is 30.9 Å². The van der Waals surface area contributed by atoms with Gasteiger partial charge in [-0.2, -0.15) is 0 Å². The molecular weight excluding hydrogens is 384 g/mol. The molecule has 0 aliphatic carbocycles. The summed E-state index contributed by atoms with van der Waals surface area (Å²) in [6.07, 6.45) is 1.74. The van der Waals surface area contributed by atoms with Gasteiger partial charge >= 0.3 is 5.97 Å². The molecule has 0 atom stereocenters. The molecule has 0 aliphatic rings. The van der Waals surface area contributed by atoms with Crippen molar-refractivity contribution < 1.29 is 19.4 Å². The molecule has 0 fully saturated rings. The van der Waals surface area contributed by atoms with E-state index >= 15 is 0 Å². The zero-order valence-corrected chi connectivity index (χ0v) is 16.9. The van der Waals surface area contributed by atoms with Gasteiger partial charge in [-0.1, -0.05) is 12.1 Å². The van der Waals surface area contributed by atoms with Gasteiger partial charge in [0, 0.05) is 18.8 Å². The smallest absolute Gasteiger partial charge is 0.339 e. The van der Waals surface area contributed by atoms with Crippen LogP contribution in [-0.2, 0) is 0 Å². The predicted molar refractivity (Wildman–Crippen MR) is 114 cm³/mol. The number of anilines is 1. The van der Waals surface area contributed by atoms with Crippen LogP contribution in [0, 0.1) is 0 Å². The standard InChI is InChI=1S/C14H11N3O3.C8H11NO/c1-20-10-6-4-9(5-7-10)12-15-16-13-11(14(18)19)3-2-8-17(12)13;1-9-7-5-3-4-6-8(7)10-2/h2-8H,1H3,(H,18,19);3-6,9H,1-2H3. The summed E-state index contributed by atoms with van der Waals surface area (Å²) in [5.41, 5.74) is 2.30. The Hall–Kier alpha value is -4.07. The van der Waals surface area contributed by atoms with E-state index < -0.39 is 5.97 Å². The van der Waals surface area contributed by atoms with Crippen LogP contribution in [0.5, 0.6) is 11.5 Å². The van der Waals surface area contributed by atoms with E-state index in [4.69, 9.17) is 14.6 Å². The van der Waals surface area contributed by atoms with Crippen molar-refractivity contribution in [2.45, 2.75) is 0 Å². The first-order chi connectivity index (χ1) is 14.6. The van der Waals surface area contributed by atoms with Crippen LogP contribution in [0.15, 0.2) is 66.9 Å². The number of hydrogen-bond acceptors (Lipinski definition) is 6. The molecule has 8 nitrogen and oxygen atoms in total. The molecule has 0 spiro atoms. The average molecular weight is 406 g/mol. The second-order valence-electron chi connectivity index (χ2n) is 6.12. The number of carboxylic acid groups (broad SMARTS) is 1. The molecule has 2 N–H and O–H groups in total. The highest BCUT2D eigenvalue weighted by Crippen LogP contribution is 2.23. The first-order valence-corrected chi connectivity index (χ1v) is 9.11. The van der Waals surface area contributed by atoms with Crippen molar-refractivity contribution in [3.05, 3.63) is 72.4 Å². The molecule has 0 amide bonds. The maximum absolute atomic E-state index is 11.1. The Morgan fingerprint density at radius 1 is 0.967 bits per heavy atom. The number of para-hydroxylation sites is 2. The summed E-state index contributed by atoms with van der Waals surface area (Å²) >= 11 is 0. The molecule has 154 valence electrons. The van der Waals surface area contributed by atoms with Crippen molar-refractivity contribution in [2.75, 3.05) is 26.6 Å². The molecule has 0 saturated heterocycles. The number of methoxy groups -OCH3 is 2. The Labute approximate surface area is 173 Å². The number of aromatic nitrogens is 3.